The van der Waals surface area contributed by atoms with Gasteiger partial charge in [-0.15, -0.1) is 0 Å². The third-order valence-electron chi connectivity index (χ3n) is 2.49. The molecule has 0 amide bonds. The van der Waals surface area contributed by atoms with Crippen molar-refractivity contribution in [3.05, 3.63) is 51.5 Å². The first-order valence-corrected chi connectivity index (χ1v) is 6.42. The second-order valence-corrected chi connectivity index (χ2v) is 4.95. The van der Waals surface area contributed by atoms with Crippen LogP contribution in [0.5, 0.6) is 0 Å². The topological polar surface area (TPSA) is 38.0 Å². The molecule has 1 heterocycles. The van der Waals surface area contributed by atoms with Crippen LogP contribution >= 0.6 is 27.5 Å². The number of hydrogen-bond donors (Lipinski definition) is 1. The second kappa shape index (κ2) is 5.67. The molecule has 5 heteroatoms. The highest BCUT2D eigenvalue weighted by atomic mass is 79.9. The van der Waals surface area contributed by atoms with E-state index >= 15 is 0 Å². The summed E-state index contributed by atoms with van der Waals surface area (Å²) in [6.07, 6.45) is 4.34. The highest BCUT2D eigenvalue weighted by Crippen LogP contribution is 2.24. The molecule has 0 radical (unpaired) electrons. The number of rotatable bonds is 4. The van der Waals surface area contributed by atoms with Crippen molar-refractivity contribution in [2.24, 2.45) is 0 Å². The predicted octanol–water partition coefficient (Wildman–Crippen LogP) is 2.88. The lowest BCUT2D eigenvalue weighted by Crippen LogP contribution is -2.06. The zero-order chi connectivity index (χ0) is 12.3. The maximum absolute atomic E-state index is 8.94. The van der Waals surface area contributed by atoms with E-state index in [4.69, 9.17) is 16.7 Å². The van der Waals surface area contributed by atoms with Crippen LogP contribution in [0, 0.1) is 0 Å². The molecule has 3 nitrogen and oxygen atoms in total. The van der Waals surface area contributed by atoms with Crippen molar-refractivity contribution in [1.82, 2.24) is 9.55 Å². The minimum absolute atomic E-state index is 0.119. The number of aliphatic hydroxyl groups is 1. The Bertz CT molecular complexity index is 513. The molecule has 0 saturated heterocycles. The van der Waals surface area contributed by atoms with Gasteiger partial charge in [0.15, 0.2) is 0 Å². The first-order valence-electron chi connectivity index (χ1n) is 5.25. The molecule has 0 bridgehead atoms. The van der Waals surface area contributed by atoms with Crippen LogP contribution < -0.4 is 0 Å². The molecule has 1 aromatic heterocycles. The smallest absolute Gasteiger partial charge is 0.113 e. The van der Waals surface area contributed by atoms with Gasteiger partial charge in [-0.05, 0) is 33.6 Å². The Morgan fingerprint density at radius 1 is 1.41 bits per heavy atom. The van der Waals surface area contributed by atoms with Gasteiger partial charge in [0.25, 0.3) is 0 Å². The summed E-state index contributed by atoms with van der Waals surface area (Å²) in [7, 11) is 0. The summed E-state index contributed by atoms with van der Waals surface area (Å²) in [5.74, 6) is 0.938. The molecule has 0 saturated carbocycles. The molecule has 0 fully saturated rings. The summed E-state index contributed by atoms with van der Waals surface area (Å²) in [6.45, 7) is 0.692. The zero-order valence-electron chi connectivity index (χ0n) is 9.11. The minimum Gasteiger partial charge on any atom is -0.395 e. The molecule has 2 aromatic rings. The van der Waals surface area contributed by atoms with Crippen LogP contribution in [0.2, 0.25) is 5.02 Å². The molecule has 0 aliphatic rings. The summed E-state index contributed by atoms with van der Waals surface area (Å²) < 4.78 is 2.83. The van der Waals surface area contributed by atoms with E-state index in [1.54, 1.807) is 6.20 Å². The number of aliphatic hydroxyl groups excluding tert-OH is 1. The fraction of sp³-hybridized carbons (Fsp3) is 0.250. The lowest BCUT2D eigenvalue weighted by molar-refractivity contribution is 0.274. The Hall–Kier alpha value is -0.840. The first-order chi connectivity index (χ1) is 8.20. The van der Waals surface area contributed by atoms with Crippen molar-refractivity contribution in [1.29, 1.82) is 0 Å². The van der Waals surface area contributed by atoms with E-state index in [0.717, 1.165) is 22.3 Å². The van der Waals surface area contributed by atoms with Crippen LogP contribution in [-0.4, -0.2) is 21.3 Å². The Morgan fingerprint density at radius 2 is 2.24 bits per heavy atom. The van der Waals surface area contributed by atoms with Crippen LogP contribution in [-0.2, 0) is 13.0 Å². The van der Waals surface area contributed by atoms with Crippen LogP contribution in [0.15, 0.2) is 35.1 Å². The van der Waals surface area contributed by atoms with E-state index in [2.05, 4.69) is 20.9 Å². The van der Waals surface area contributed by atoms with E-state index in [-0.39, 0.29) is 6.61 Å². The number of benzene rings is 1. The van der Waals surface area contributed by atoms with E-state index in [0.29, 0.717) is 11.6 Å². The summed E-state index contributed by atoms with van der Waals surface area (Å²) >= 11 is 9.34. The Balaban J connectivity index is 2.19. The van der Waals surface area contributed by atoms with Gasteiger partial charge in [0.2, 0.25) is 0 Å². The van der Waals surface area contributed by atoms with E-state index in [1.807, 2.05) is 29.0 Å². The average Bonchev–Trinajstić information content (AvgIpc) is 2.72. The molecule has 17 heavy (non-hydrogen) atoms. The van der Waals surface area contributed by atoms with Gasteiger partial charge in [0, 0.05) is 29.8 Å². The van der Waals surface area contributed by atoms with Gasteiger partial charge in [0.1, 0.15) is 5.82 Å². The molecule has 90 valence electrons. The van der Waals surface area contributed by atoms with Crippen LogP contribution in [0.4, 0.5) is 0 Å². The lowest BCUT2D eigenvalue weighted by atomic mass is 10.1. The number of halogens is 2. The van der Waals surface area contributed by atoms with Gasteiger partial charge in [0.05, 0.1) is 11.6 Å². The molecule has 1 N–H and O–H groups in total. The van der Waals surface area contributed by atoms with Gasteiger partial charge in [-0.3, -0.25) is 0 Å². The van der Waals surface area contributed by atoms with Gasteiger partial charge in [-0.2, -0.15) is 0 Å². The molecule has 0 aliphatic carbocycles. The van der Waals surface area contributed by atoms with Gasteiger partial charge in [-0.1, -0.05) is 17.7 Å². The quantitative estimate of drug-likeness (QED) is 0.942. The van der Waals surface area contributed by atoms with Crippen molar-refractivity contribution >= 4 is 27.5 Å². The highest BCUT2D eigenvalue weighted by Gasteiger charge is 2.05. The number of nitrogens with zero attached hydrogens (tertiary/aromatic N) is 2. The molecule has 2 rings (SSSR count). The van der Waals surface area contributed by atoms with Crippen molar-refractivity contribution in [3.8, 4) is 0 Å². The number of imidazole rings is 1. The van der Waals surface area contributed by atoms with Crippen molar-refractivity contribution in [2.75, 3.05) is 6.61 Å². The first kappa shape index (κ1) is 12.6. The monoisotopic (exact) mass is 314 g/mol. The number of hydrogen-bond acceptors (Lipinski definition) is 2. The predicted molar refractivity (Wildman–Crippen MR) is 71.3 cm³/mol. The zero-order valence-corrected chi connectivity index (χ0v) is 11.4. The maximum Gasteiger partial charge on any atom is 0.113 e. The summed E-state index contributed by atoms with van der Waals surface area (Å²) in [5, 5.41) is 9.64. The molecule has 0 unspecified atom stereocenters. The number of aromatic nitrogens is 2. The largest absolute Gasteiger partial charge is 0.395 e. The summed E-state index contributed by atoms with van der Waals surface area (Å²) in [4.78, 5) is 4.29. The van der Waals surface area contributed by atoms with Gasteiger partial charge >= 0.3 is 0 Å². The Labute approximate surface area is 113 Å². The van der Waals surface area contributed by atoms with Crippen LogP contribution in [0.3, 0.4) is 0 Å². The second-order valence-electron chi connectivity index (χ2n) is 3.69. The average molecular weight is 316 g/mol. The molecule has 0 atom stereocenters. The third kappa shape index (κ3) is 3.09. The molecular formula is C12H12BrClN2O. The minimum atomic E-state index is 0.119. The Morgan fingerprint density at radius 3 is 2.94 bits per heavy atom. The van der Waals surface area contributed by atoms with Crippen LogP contribution in [0.1, 0.15) is 11.4 Å². The fourth-order valence-corrected chi connectivity index (χ4v) is 2.19. The van der Waals surface area contributed by atoms with Crippen molar-refractivity contribution in [3.63, 3.8) is 0 Å². The van der Waals surface area contributed by atoms with Crippen molar-refractivity contribution in [2.45, 2.75) is 13.0 Å². The van der Waals surface area contributed by atoms with E-state index < -0.39 is 0 Å². The van der Waals surface area contributed by atoms with Crippen molar-refractivity contribution < 1.29 is 5.11 Å². The third-order valence-corrected chi connectivity index (χ3v) is 3.70. The van der Waals surface area contributed by atoms with Gasteiger partial charge in [-0.25, -0.2) is 4.98 Å². The normalized spacial score (nSPS) is 10.8. The molecule has 1 aromatic carbocycles. The van der Waals surface area contributed by atoms with E-state index in [9.17, 15) is 0 Å². The summed E-state index contributed by atoms with van der Waals surface area (Å²) in [6, 6.07) is 5.83. The molecule has 0 spiro atoms. The standard InChI is InChI=1S/C12H12BrClN2O/c13-10-7-9(1-2-11(10)14)8-12-15-3-4-16(12)5-6-17/h1-4,7,17H,5-6,8H2. The Kier molecular flexibility index (Phi) is 4.20. The van der Waals surface area contributed by atoms with Gasteiger partial charge < -0.3 is 9.67 Å². The summed E-state index contributed by atoms with van der Waals surface area (Å²) in [5.41, 5.74) is 1.13. The molecular weight excluding hydrogens is 304 g/mol. The highest BCUT2D eigenvalue weighted by molar-refractivity contribution is 9.10. The molecule has 0 aliphatic heterocycles. The van der Waals surface area contributed by atoms with Crippen LogP contribution in [0.25, 0.3) is 0 Å². The fourth-order valence-electron chi connectivity index (χ4n) is 1.65. The van der Waals surface area contributed by atoms with E-state index in [1.165, 1.54) is 0 Å². The lowest BCUT2D eigenvalue weighted by Gasteiger charge is -2.06. The SMILES string of the molecule is OCCn1ccnc1Cc1ccc(Cl)c(Br)c1. The maximum atomic E-state index is 8.94.